The number of nitrogens with one attached hydrogen (secondary N) is 1. The normalized spacial score (nSPS) is 16.3. The SMILES string of the molecule is Cl.O=C(NCC1CCn2ncc(C(=O)O)c2C1)OCC1c2ccccc2-c2ccccc21. The molecule has 2 N–H and O–H groups in total. The Kier molecular flexibility index (Phi) is 6.19. The molecule has 1 aromatic heterocycles. The van der Waals surface area contributed by atoms with Crippen LogP contribution >= 0.6 is 12.4 Å². The summed E-state index contributed by atoms with van der Waals surface area (Å²) in [6.45, 7) is 1.38. The van der Waals surface area contributed by atoms with Gasteiger partial charge in [0.25, 0.3) is 0 Å². The molecule has 5 rings (SSSR count). The van der Waals surface area contributed by atoms with Crippen molar-refractivity contribution in [2.75, 3.05) is 13.2 Å². The van der Waals surface area contributed by atoms with Gasteiger partial charge in [-0.25, -0.2) is 9.59 Å². The van der Waals surface area contributed by atoms with Gasteiger partial charge in [0.2, 0.25) is 0 Å². The van der Waals surface area contributed by atoms with Gasteiger partial charge < -0.3 is 15.2 Å². The number of carbonyl (C=O) groups excluding carboxylic acids is 1. The molecule has 3 aromatic rings. The number of amides is 1. The molecule has 1 unspecified atom stereocenters. The molecule has 32 heavy (non-hydrogen) atoms. The van der Waals surface area contributed by atoms with E-state index in [1.807, 2.05) is 24.3 Å². The Hall–Kier alpha value is -3.32. The highest BCUT2D eigenvalue weighted by Crippen LogP contribution is 2.44. The minimum absolute atomic E-state index is 0. The molecular formula is C24H24ClN3O4. The number of benzene rings is 2. The van der Waals surface area contributed by atoms with Gasteiger partial charge in [-0.05, 0) is 41.0 Å². The molecule has 0 bridgehead atoms. The van der Waals surface area contributed by atoms with Crippen LogP contribution < -0.4 is 5.32 Å². The molecule has 1 aliphatic heterocycles. The van der Waals surface area contributed by atoms with Gasteiger partial charge in [-0.15, -0.1) is 12.4 Å². The number of ether oxygens (including phenoxy) is 1. The topological polar surface area (TPSA) is 93.5 Å². The van der Waals surface area contributed by atoms with Crippen molar-refractivity contribution in [1.29, 1.82) is 0 Å². The molecule has 166 valence electrons. The lowest BCUT2D eigenvalue weighted by molar-refractivity contribution is 0.0694. The molecule has 0 radical (unpaired) electrons. The Balaban J connectivity index is 0.00000245. The Labute approximate surface area is 191 Å². The van der Waals surface area contributed by atoms with Crippen LogP contribution in [-0.2, 0) is 17.7 Å². The fourth-order valence-corrected chi connectivity index (χ4v) is 4.73. The molecule has 8 heteroatoms. The fourth-order valence-electron chi connectivity index (χ4n) is 4.73. The third-order valence-electron chi connectivity index (χ3n) is 6.29. The van der Waals surface area contributed by atoms with Crippen LogP contribution in [0.5, 0.6) is 0 Å². The van der Waals surface area contributed by atoms with Crippen LogP contribution in [0.25, 0.3) is 11.1 Å². The summed E-state index contributed by atoms with van der Waals surface area (Å²) in [5, 5.41) is 16.3. The van der Waals surface area contributed by atoms with Gasteiger partial charge >= 0.3 is 12.1 Å². The van der Waals surface area contributed by atoms with E-state index in [0.29, 0.717) is 19.5 Å². The van der Waals surface area contributed by atoms with Crippen molar-refractivity contribution in [2.45, 2.75) is 25.3 Å². The smallest absolute Gasteiger partial charge is 0.407 e. The third-order valence-corrected chi connectivity index (χ3v) is 6.29. The van der Waals surface area contributed by atoms with Crippen molar-refractivity contribution in [3.63, 3.8) is 0 Å². The van der Waals surface area contributed by atoms with E-state index in [4.69, 9.17) is 4.74 Å². The maximum absolute atomic E-state index is 12.4. The van der Waals surface area contributed by atoms with Crippen molar-refractivity contribution in [3.05, 3.63) is 77.1 Å². The van der Waals surface area contributed by atoms with Gasteiger partial charge in [-0.3, -0.25) is 4.68 Å². The van der Waals surface area contributed by atoms with Gasteiger partial charge in [0.1, 0.15) is 12.2 Å². The lowest BCUT2D eigenvalue weighted by Crippen LogP contribution is -2.34. The van der Waals surface area contributed by atoms with E-state index in [0.717, 1.165) is 12.1 Å². The second-order valence-electron chi connectivity index (χ2n) is 8.10. The molecule has 7 nitrogen and oxygen atoms in total. The molecule has 0 fully saturated rings. The van der Waals surface area contributed by atoms with Crippen LogP contribution in [0, 0.1) is 5.92 Å². The zero-order valence-electron chi connectivity index (χ0n) is 17.4. The van der Waals surface area contributed by atoms with E-state index in [1.54, 1.807) is 4.68 Å². The van der Waals surface area contributed by atoms with Crippen LogP contribution in [0.2, 0.25) is 0 Å². The van der Waals surface area contributed by atoms with Gasteiger partial charge in [0.05, 0.1) is 11.9 Å². The van der Waals surface area contributed by atoms with E-state index in [2.05, 4.69) is 34.7 Å². The summed E-state index contributed by atoms with van der Waals surface area (Å²) in [4.78, 5) is 23.7. The molecule has 1 amide bonds. The summed E-state index contributed by atoms with van der Waals surface area (Å²) < 4.78 is 7.33. The second kappa shape index (κ2) is 9.04. The lowest BCUT2D eigenvalue weighted by Gasteiger charge is -2.24. The average molecular weight is 454 g/mol. The number of aromatic carboxylic acids is 1. The first-order valence-corrected chi connectivity index (χ1v) is 10.5. The Bertz CT molecular complexity index is 1110. The molecule has 2 heterocycles. The average Bonchev–Trinajstić information content (AvgIpc) is 3.35. The largest absolute Gasteiger partial charge is 0.478 e. The first-order chi connectivity index (χ1) is 15.1. The van der Waals surface area contributed by atoms with Crippen LogP contribution in [0.15, 0.2) is 54.7 Å². The number of fused-ring (bicyclic) bond motifs is 4. The van der Waals surface area contributed by atoms with Crippen molar-refractivity contribution in [2.24, 2.45) is 5.92 Å². The van der Waals surface area contributed by atoms with E-state index in [-0.39, 0.29) is 36.4 Å². The van der Waals surface area contributed by atoms with Crippen molar-refractivity contribution < 1.29 is 19.4 Å². The molecule has 2 aliphatic rings. The van der Waals surface area contributed by atoms with Gasteiger partial charge in [-0.1, -0.05) is 48.5 Å². The van der Waals surface area contributed by atoms with Crippen LogP contribution in [-0.4, -0.2) is 40.1 Å². The van der Waals surface area contributed by atoms with Crippen molar-refractivity contribution >= 4 is 24.5 Å². The zero-order chi connectivity index (χ0) is 21.4. The summed E-state index contributed by atoms with van der Waals surface area (Å²) in [6.07, 6.45) is 2.36. The summed E-state index contributed by atoms with van der Waals surface area (Å²) in [5.74, 6) is -0.783. The fraction of sp³-hybridized carbons (Fsp3) is 0.292. The molecule has 0 saturated heterocycles. The van der Waals surface area contributed by atoms with Crippen LogP contribution in [0.4, 0.5) is 4.79 Å². The summed E-state index contributed by atoms with van der Waals surface area (Å²) in [7, 11) is 0. The molecule has 1 atom stereocenters. The van der Waals surface area contributed by atoms with Crippen molar-refractivity contribution in [1.82, 2.24) is 15.1 Å². The van der Waals surface area contributed by atoms with Crippen molar-refractivity contribution in [3.8, 4) is 11.1 Å². The predicted octanol–water partition coefficient (Wildman–Crippen LogP) is 4.10. The number of aryl methyl sites for hydroxylation is 1. The summed E-state index contributed by atoms with van der Waals surface area (Å²) in [5.41, 5.74) is 5.71. The first kappa shape index (κ1) is 21.9. The van der Waals surface area contributed by atoms with E-state index in [9.17, 15) is 14.7 Å². The molecule has 2 aromatic carbocycles. The highest BCUT2D eigenvalue weighted by molar-refractivity contribution is 5.88. The zero-order valence-corrected chi connectivity index (χ0v) is 18.2. The van der Waals surface area contributed by atoms with Gasteiger partial charge in [0.15, 0.2) is 0 Å². The number of aromatic nitrogens is 2. The Morgan fingerprint density at radius 3 is 2.41 bits per heavy atom. The number of halogens is 1. The summed E-state index contributed by atoms with van der Waals surface area (Å²) in [6, 6.07) is 16.5. The minimum atomic E-state index is -0.966. The minimum Gasteiger partial charge on any atom is -0.478 e. The highest BCUT2D eigenvalue weighted by atomic mass is 35.5. The second-order valence-corrected chi connectivity index (χ2v) is 8.10. The quantitative estimate of drug-likeness (QED) is 0.606. The lowest BCUT2D eigenvalue weighted by atomic mass is 9.94. The number of rotatable bonds is 5. The van der Waals surface area contributed by atoms with E-state index in [1.165, 1.54) is 28.5 Å². The molecular weight excluding hydrogens is 430 g/mol. The molecule has 0 spiro atoms. The maximum Gasteiger partial charge on any atom is 0.407 e. The first-order valence-electron chi connectivity index (χ1n) is 10.5. The maximum atomic E-state index is 12.4. The molecule has 0 saturated carbocycles. The Morgan fingerprint density at radius 1 is 1.09 bits per heavy atom. The summed E-state index contributed by atoms with van der Waals surface area (Å²) >= 11 is 0. The number of hydrogen-bond acceptors (Lipinski definition) is 4. The molecule has 1 aliphatic carbocycles. The van der Waals surface area contributed by atoms with Crippen LogP contribution in [0.3, 0.4) is 0 Å². The number of alkyl carbamates (subject to hydrolysis) is 1. The number of carbonyl (C=O) groups is 2. The number of nitrogens with zero attached hydrogens (tertiary/aromatic N) is 2. The van der Waals surface area contributed by atoms with Crippen LogP contribution in [0.1, 0.15) is 39.5 Å². The third kappa shape index (κ3) is 3.96. The van der Waals surface area contributed by atoms with E-state index >= 15 is 0 Å². The number of hydrogen-bond donors (Lipinski definition) is 2. The van der Waals surface area contributed by atoms with Gasteiger partial charge in [-0.2, -0.15) is 5.10 Å². The Morgan fingerprint density at radius 2 is 1.75 bits per heavy atom. The highest BCUT2D eigenvalue weighted by Gasteiger charge is 2.29. The predicted molar refractivity (Wildman–Crippen MR) is 121 cm³/mol. The van der Waals surface area contributed by atoms with Gasteiger partial charge in [0, 0.05) is 19.0 Å². The number of carboxylic acids is 1. The van der Waals surface area contributed by atoms with E-state index < -0.39 is 12.1 Å². The standard InChI is InChI=1S/C24H23N3O4.ClH/c28-23(29)20-13-26-27-10-9-15(11-22(20)27)12-25-24(30)31-14-21-18-7-3-1-5-16(18)17-6-2-4-8-19(17)21;/h1-8,13,15,21H,9-12,14H2,(H,25,30)(H,28,29);1H. The number of carboxylic acid groups (broad SMARTS) is 1. The monoisotopic (exact) mass is 453 g/mol.